The van der Waals surface area contributed by atoms with Gasteiger partial charge in [-0.2, -0.15) is 0 Å². The van der Waals surface area contributed by atoms with Crippen LogP contribution in [-0.2, 0) is 9.59 Å². The summed E-state index contributed by atoms with van der Waals surface area (Å²) in [4.78, 5) is 21.7. The van der Waals surface area contributed by atoms with Gasteiger partial charge in [0.05, 0.1) is 0 Å². The van der Waals surface area contributed by atoms with E-state index in [9.17, 15) is 9.59 Å². The fraction of sp³-hybridized carbons (Fsp3) is 0.556. The maximum Gasteiger partial charge on any atom is 0.220 e. The van der Waals surface area contributed by atoms with Gasteiger partial charge in [-0.3, -0.25) is 9.59 Å². The lowest BCUT2D eigenvalue weighted by molar-refractivity contribution is -0.118. The summed E-state index contributed by atoms with van der Waals surface area (Å²) in [6.45, 7) is 1.43. The Morgan fingerprint density at radius 2 is 2.08 bits per heavy atom. The van der Waals surface area contributed by atoms with Crippen LogP contribution in [-0.4, -0.2) is 11.7 Å². The number of carbonyl (C=O) groups is 2. The summed E-state index contributed by atoms with van der Waals surface area (Å²) >= 11 is 0. The highest BCUT2D eigenvalue weighted by Crippen LogP contribution is 2.18. The molecule has 1 aliphatic rings. The molecule has 3 nitrogen and oxygen atoms in total. The SMILES string of the molecule is CC(=O)N/C=C1/CCCCC1=O. The lowest BCUT2D eigenvalue weighted by Gasteiger charge is -2.11. The molecule has 1 N–H and O–H groups in total. The number of amides is 1. The van der Waals surface area contributed by atoms with Crippen molar-refractivity contribution < 1.29 is 9.59 Å². The largest absolute Gasteiger partial charge is 0.333 e. The van der Waals surface area contributed by atoms with Gasteiger partial charge in [-0.1, -0.05) is 0 Å². The van der Waals surface area contributed by atoms with Crippen LogP contribution in [0.25, 0.3) is 0 Å². The van der Waals surface area contributed by atoms with Crippen LogP contribution < -0.4 is 5.32 Å². The van der Waals surface area contributed by atoms with Crippen molar-refractivity contribution in [2.24, 2.45) is 0 Å². The van der Waals surface area contributed by atoms with Crippen LogP contribution in [0.2, 0.25) is 0 Å². The number of Topliss-reactive ketones (excluding diaryl/α,β-unsaturated/α-hetero) is 1. The lowest BCUT2D eigenvalue weighted by atomic mass is 9.94. The predicted molar refractivity (Wildman–Crippen MR) is 45.4 cm³/mol. The van der Waals surface area contributed by atoms with E-state index in [0.717, 1.165) is 24.8 Å². The number of carbonyl (C=O) groups excluding carboxylic acids is 2. The van der Waals surface area contributed by atoms with Crippen LogP contribution >= 0.6 is 0 Å². The van der Waals surface area contributed by atoms with E-state index in [1.165, 1.54) is 6.92 Å². The molecule has 0 spiro atoms. The standard InChI is InChI=1S/C9H13NO2/c1-7(11)10-6-8-4-2-3-5-9(8)12/h6H,2-5H2,1H3,(H,10,11)/b8-6-. The molecule has 0 aromatic rings. The van der Waals surface area contributed by atoms with Gasteiger partial charge < -0.3 is 5.32 Å². The van der Waals surface area contributed by atoms with E-state index in [1.54, 1.807) is 6.20 Å². The Morgan fingerprint density at radius 1 is 1.42 bits per heavy atom. The Kier molecular flexibility index (Phi) is 3.02. The molecular formula is C9H13NO2. The van der Waals surface area contributed by atoms with Crippen molar-refractivity contribution in [1.82, 2.24) is 5.32 Å². The monoisotopic (exact) mass is 167 g/mol. The molecule has 0 saturated heterocycles. The van der Waals surface area contributed by atoms with Crippen LogP contribution in [0, 0.1) is 0 Å². The van der Waals surface area contributed by atoms with Gasteiger partial charge >= 0.3 is 0 Å². The van der Waals surface area contributed by atoms with Gasteiger partial charge in [-0.15, -0.1) is 0 Å². The van der Waals surface area contributed by atoms with Crippen molar-refractivity contribution in [3.63, 3.8) is 0 Å². The molecule has 1 amide bonds. The number of ketones is 1. The highest BCUT2D eigenvalue weighted by molar-refractivity contribution is 5.96. The highest BCUT2D eigenvalue weighted by Gasteiger charge is 2.14. The topological polar surface area (TPSA) is 46.2 Å². The first-order chi connectivity index (χ1) is 5.70. The van der Waals surface area contributed by atoms with Gasteiger partial charge in [0.25, 0.3) is 0 Å². The summed E-state index contributed by atoms with van der Waals surface area (Å²) in [5.41, 5.74) is 0.761. The number of allylic oxidation sites excluding steroid dienone is 1. The van der Waals surface area contributed by atoms with E-state index < -0.39 is 0 Å². The Bertz CT molecular complexity index is 231. The zero-order chi connectivity index (χ0) is 8.97. The van der Waals surface area contributed by atoms with Gasteiger partial charge in [-0.05, 0) is 19.3 Å². The molecule has 0 aromatic carbocycles. The third-order valence-corrected chi connectivity index (χ3v) is 1.91. The van der Waals surface area contributed by atoms with Crippen LogP contribution in [0.4, 0.5) is 0 Å². The van der Waals surface area contributed by atoms with Crippen LogP contribution in [0.1, 0.15) is 32.6 Å². The molecule has 0 unspecified atom stereocenters. The van der Waals surface area contributed by atoms with E-state index >= 15 is 0 Å². The summed E-state index contributed by atoms with van der Waals surface area (Å²) < 4.78 is 0. The van der Waals surface area contributed by atoms with Gasteiger partial charge in [-0.25, -0.2) is 0 Å². The van der Waals surface area contributed by atoms with Crippen LogP contribution in [0.5, 0.6) is 0 Å². The fourth-order valence-corrected chi connectivity index (χ4v) is 1.24. The number of hydrogen-bond acceptors (Lipinski definition) is 2. The molecule has 0 atom stereocenters. The van der Waals surface area contributed by atoms with Crippen molar-refractivity contribution in [2.45, 2.75) is 32.6 Å². The van der Waals surface area contributed by atoms with Crippen molar-refractivity contribution >= 4 is 11.7 Å². The molecule has 1 fully saturated rings. The maximum atomic E-state index is 11.2. The minimum absolute atomic E-state index is 0.124. The average Bonchev–Trinajstić information content (AvgIpc) is 2.03. The number of nitrogens with one attached hydrogen (secondary N) is 1. The molecule has 0 radical (unpaired) electrons. The van der Waals surface area contributed by atoms with Gasteiger partial charge in [0.1, 0.15) is 0 Å². The molecule has 66 valence electrons. The zero-order valence-corrected chi connectivity index (χ0v) is 7.22. The molecule has 3 heteroatoms. The first-order valence-corrected chi connectivity index (χ1v) is 4.19. The van der Waals surface area contributed by atoms with Crippen molar-refractivity contribution in [2.75, 3.05) is 0 Å². The Balaban J connectivity index is 2.53. The minimum Gasteiger partial charge on any atom is -0.333 e. The summed E-state index contributed by atoms with van der Waals surface area (Å²) in [7, 11) is 0. The van der Waals surface area contributed by atoms with E-state index in [1.807, 2.05) is 0 Å². The molecule has 1 rings (SSSR count). The Labute approximate surface area is 71.8 Å². The van der Waals surface area contributed by atoms with Crippen molar-refractivity contribution in [3.8, 4) is 0 Å². The van der Waals surface area contributed by atoms with E-state index in [-0.39, 0.29) is 11.7 Å². The summed E-state index contributed by atoms with van der Waals surface area (Å²) in [5.74, 6) is 0.0517. The zero-order valence-electron chi connectivity index (χ0n) is 7.22. The van der Waals surface area contributed by atoms with Gasteiger partial charge in [0.2, 0.25) is 5.91 Å². The van der Waals surface area contributed by atoms with Crippen molar-refractivity contribution in [3.05, 3.63) is 11.8 Å². The summed E-state index contributed by atoms with van der Waals surface area (Å²) in [5, 5.41) is 2.52. The van der Waals surface area contributed by atoms with Gasteiger partial charge in [0, 0.05) is 25.1 Å². The van der Waals surface area contributed by atoms with E-state index in [0.29, 0.717) is 6.42 Å². The maximum absolute atomic E-state index is 11.2. The second kappa shape index (κ2) is 4.04. The fourth-order valence-electron chi connectivity index (χ4n) is 1.24. The minimum atomic E-state index is -0.124. The number of hydrogen-bond donors (Lipinski definition) is 1. The molecular weight excluding hydrogens is 154 g/mol. The molecule has 1 aliphatic carbocycles. The molecule has 0 heterocycles. The smallest absolute Gasteiger partial charge is 0.220 e. The Hall–Kier alpha value is -1.12. The average molecular weight is 167 g/mol. The Morgan fingerprint density at radius 3 is 2.67 bits per heavy atom. The molecule has 0 bridgehead atoms. The molecule has 1 saturated carbocycles. The normalized spacial score (nSPS) is 21.1. The second-order valence-electron chi connectivity index (χ2n) is 3.00. The summed E-state index contributed by atoms with van der Waals surface area (Å²) in [6, 6.07) is 0. The third kappa shape index (κ3) is 2.49. The molecule has 0 aromatic heterocycles. The first kappa shape index (κ1) is 8.97. The first-order valence-electron chi connectivity index (χ1n) is 4.19. The molecule has 0 aliphatic heterocycles. The number of rotatable bonds is 1. The van der Waals surface area contributed by atoms with Crippen LogP contribution in [0.15, 0.2) is 11.8 Å². The van der Waals surface area contributed by atoms with Crippen LogP contribution in [0.3, 0.4) is 0 Å². The molecule has 12 heavy (non-hydrogen) atoms. The third-order valence-electron chi connectivity index (χ3n) is 1.91. The quantitative estimate of drug-likeness (QED) is 0.595. The van der Waals surface area contributed by atoms with Gasteiger partial charge in [0.15, 0.2) is 5.78 Å². The lowest BCUT2D eigenvalue weighted by Crippen LogP contribution is -2.17. The van der Waals surface area contributed by atoms with E-state index in [2.05, 4.69) is 5.32 Å². The van der Waals surface area contributed by atoms with E-state index in [4.69, 9.17) is 0 Å². The predicted octanol–water partition coefficient (Wildman–Crippen LogP) is 1.15. The highest BCUT2D eigenvalue weighted by atomic mass is 16.1. The second-order valence-corrected chi connectivity index (χ2v) is 3.00. The summed E-state index contributed by atoms with van der Waals surface area (Å²) in [6.07, 6.45) is 5.02. The van der Waals surface area contributed by atoms with Crippen molar-refractivity contribution in [1.29, 1.82) is 0 Å².